The third kappa shape index (κ3) is 5.80. The average molecular weight is 507 g/mol. The van der Waals surface area contributed by atoms with Crippen molar-refractivity contribution in [1.29, 1.82) is 0 Å². The number of aromatic nitrogens is 2. The zero-order valence-corrected chi connectivity index (χ0v) is 19.4. The van der Waals surface area contributed by atoms with Crippen LogP contribution in [0.3, 0.4) is 0 Å². The molecule has 0 fully saturated rings. The first kappa shape index (κ1) is 24.3. The average Bonchev–Trinajstić information content (AvgIpc) is 3.12. The zero-order valence-electron chi connectivity index (χ0n) is 18.6. The van der Waals surface area contributed by atoms with E-state index in [2.05, 4.69) is 30.6 Å². The number of para-hydroxylation sites is 1. The highest BCUT2D eigenvalue weighted by molar-refractivity contribution is 7.92. The first-order valence-corrected chi connectivity index (χ1v) is 12.2. The minimum Gasteiger partial charge on any atom is -0.365 e. The van der Waals surface area contributed by atoms with Crippen molar-refractivity contribution in [1.82, 2.24) is 9.97 Å². The number of anilines is 5. The number of benzene rings is 2. The third-order valence-corrected chi connectivity index (χ3v) is 5.75. The third-order valence-electron chi connectivity index (χ3n) is 5.17. The summed E-state index contributed by atoms with van der Waals surface area (Å²) in [6.45, 7) is 1.55. The lowest BCUT2D eigenvalue weighted by molar-refractivity contribution is -0.137. The van der Waals surface area contributed by atoms with Gasteiger partial charge in [-0.3, -0.25) is 9.52 Å². The second-order valence-electron chi connectivity index (χ2n) is 8.01. The van der Waals surface area contributed by atoms with Crippen LogP contribution in [0.5, 0.6) is 0 Å². The van der Waals surface area contributed by atoms with Gasteiger partial charge in [0.2, 0.25) is 21.9 Å². The standard InChI is InChI=1S/C22H21F3N6O3S/c1-12-4-3-5-13(19(12)31-35(2,33)34)10-26-20-16(22(23,24)25)11-27-21(30-20)28-15-6-7-17-14(8-15)9-18(32)29-17/h3-8,11,31H,9-10H2,1-2H3,(H,29,32)(H2,26,27,28,30). The van der Waals surface area contributed by atoms with Gasteiger partial charge < -0.3 is 16.0 Å². The maximum atomic E-state index is 13.6. The molecule has 0 aliphatic carbocycles. The molecule has 9 nitrogen and oxygen atoms in total. The number of nitrogens with zero attached hydrogens (tertiary/aromatic N) is 2. The fraction of sp³-hybridized carbons (Fsp3) is 0.227. The summed E-state index contributed by atoms with van der Waals surface area (Å²) < 4.78 is 66.7. The molecule has 0 saturated heterocycles. The maximum Gasteiger partial charge on any atom is 0.421 e. The molecular weight excluding hydrogens is 485 g/mol. The number of amides is 1. The van der Waals surface area contributed by atoms with Crippen LogP contribution in [-0.4, -0.2) is 30.5 Å². The number of aryl methyl sites for hydroxylation is 1. The summed E-state index contributed by atoms with van der Waals surface area (Å²) in [6.07, 6.45) is -2.86. The molecule has 1 aromatic heterocycles. The lowest BCUT2D eigenvalue weighted by Gasteiger charge is -2.17. The normalized spacial score (nSPS) is 13.2. The molecule has 184 valence electrons. The number of hydrogen-bond donors (Lipinski definition) is 4. The van der Waals surface area contributed by atoms with Gasteiger partial charge in [-0.2, -0.15) is 18.2 Å². The molecule has 0 spiro atoms. The highest BCUT2D eigenvalue weighted by atomic mass is 32.2. The van der Waals surface area contributed by atoms with Crippen molar-refractivity contribution in [2.75, 3.05) is 26.9 Å². The quantitative estimate of drug-likeness (QED) is 0.381. The van der Waals surface area contributed by atoms with Crippen molar-refractivity contribution in [2.45, 2.75) is 26.1 Å². The Morgan fingerprint density at radius 2 is 1.94 bits per heavy atom. The molecule has 3 aromatic rings. The number of alkyl halides is 3. The van der Waals surface area contributed by atoms with E-state index in [-0.39, 0.29) is 30.5 Å². The number of hydrogen-bond acceptors (Lipinski definition) is 7. The highest BCUT2D eigenvalue weighted by Gasteiger charge is 2.35. The van der Waals surface area contributed by atoms with Crippen molar-refractivity contribution < 1.29 is 26.4 Å². The molecule has 0 atom stereocenters. The Morgan fingerprint density at radius 1 is 1.17 bits per heavy atom. The van der Waals surface area contributed by atoms with E-state index in [0.717, 1.165) is 11.8 Å². The second kappa shape index (κ2) is 9.06. The summed E-state index contributed by atoms with van der Waals surface area (Å²) in [5, 5.41) is 8.22. The van der Waals surface area contributed by atoms with Crippen LogP contribution in [0.1, 0.15) is 22.3 Å². The summed E-state index contributed by atoms with van der Waals surface area (Å²) in [4.78, 5) is 19.3. The summed E-state index contributed by atoms with van der Waals surface area (Å²) in [5.41, 5.74) is 2.18. The summed E-state index contributed by atoms with van der Waals surface area (Å²) >= 11 is 0. The predicted octanol–water partition coefficient (Wildman–Crippen LogP) is 4.03. The van der Waals surface area contributed by atoms with E-state index in [4.69, 9.17) is 0 Å². The van der Waals surface area contributed by atoms with Gasteiger partial charge in [-0.05, 0) is 41.8 Å². The monoisotopic (exact) mass is 506 g/mol. The SMILES string of the molecule is Cc1cccc(CNc2nc(Nc3ccc4c(c3)CC(=O)N4)ncc2C(F)(F)F)c1NS(C)(=O)=O. The Balaban J connectivity index is 1.61. The fourth-order valence-electron chi connectivity index (χ4n) is 3.61. The molecule has 4 N–H and O–H groups in total. The first-order valence-electron chi connectivity index (χ1n) is 10.3. The number of carbonyl (C=O) groups is 1. The summed E-state index contributed by atoms with van der Waals surface area (Å²) in [5.74, 6) is -0.702. The molecule has 0 unspecified atom stereocenters. The molecule has 0 radical (unpaired) electrons. The Morgan fingerprint density at radius 3 is 2.66 bits per heavy atom. The van der Waals surface area contributed by atoms with Crippen LogP contribution in [0.25, 0.3) is 0 Å². The molecule has 1 aliphatic heterocycles. The molecule has 13 heteroatoms. The van der Waals surface area contributed by atoms with E-state index in [0.29, 0.717) is 28.7 Å². The van der Waals surface area contributed by atoms with Crippen LogP contribution in [0.15, 0.2) is 42.6 Å². The van der Waals surface area contributed by atoms with Gasteiger partial charge in [0.1, 0.15) is 11.4 Å². The van der Waals surface area contributed by atoms with E-state index < -0.39 is 27.6 Å². The molecule has 0 bridgehead atoms. The van der Waals surface area contributed by atoms with Crippen LogP contribution >= 0.6 is 0 Å². The van der Waals surface area contributed by atoms with E-state index in [9.17, 15) is 26.4 Å². The number of halogens is 3. The molecular formula is C22H21F3N6O3S. The molecule has 1 aliphatic rings. The van der Waals surface area contributed by atoms with Crippen molar-refractivity contribution in [3.63, 3.8) is 0 Å². The summed E-state index contributed by atoms with van der Waals surface area (Å²) in [6, 6.07) is 9.97. The smallest absolute Gasteiger partial charge is 0.365 e. The molecule has 2 aromatic carbocycles. The minimum atomic E-state index is -4.72. The van der Waals surface area contributed by atoms with E-state index in [1.54, 1.807) is 43.3 Å². The zero-order chi connectivity index (χ0) is 25.4. The molecule has 1 amide bonds. The van der Waals surface area contributed by atoms with E-state index in [1.807, 2.05) is 0 Å². The molecule has 4 rings (SSSR count). The van der Waals surface area contributed by atoms with E-state index in [1.165, 1.54) is 0 Å². The largest absolute Gasteiger partial charge is 0.421 e. The van der Waals surface area contributed by atoms with Crippen molar-refractivity contribution in [3.8, 4) is 0 Å². The van der Waals surface area contributed by atoms with Crippen LogP contribution in [0, 0.1) is 6.92 Å². The molecule has 0 saturated carbocycles. The van der Waals surface area contributed by atoms with Gasteiger partial charge in [0.15, 0.2) is 0 Å². The van der Waals surface area contributed by atoms with Gasteiger partial charge in [0, 0.05) is 24.1 Å². The van der Waals surface area contributed by atoms with Gasteiger partial charge in [0.25, 0.3) is 0 Å². The van der Waals surface area contributed by atoms with Crippen LogP contribution in [0.2, 0.25) is 0 Å². The number of carbonyl (C=O) groups excluding carboxylic acids is 1. The molecule has 35 heavy (non-hydrogen) atoms. The van der Waals surface area contributed by atoms with Gasteiger partial charge in [0.05, 0.1) is 18.4 Å². The van der Waals surface area contributed by atoms with Crippen LogP contribution in [-0.2, 0) is 34.0 Å². The fourth-order valence-corrected chi connectivity index (χ4v) is 4.27. The lowest BCUT2D eigenvalue weighted by Crippen LogP contribution is -2.16. The topological polar surface area (TPSA) is 125 Å². The number of nitrogens with one attached hydrogen (secondary N) is 4. The number of rotatable bonds is 7. The number of fused-ring (bicyclic) bond motifs is 1. The molecule has 2 heterocycles. The highest BCUT2D eigenvalue weighted by Crippen LogP contribution is 2.35. The first-order chi connectivity index (χ1) is 16.4. The van der Waals surface area contributed by atoms with Crippen molar-refractivity contribution in [2.24, 2.45) is 0 Å². The predicted molar refractivity (Wildman–Crippen MR) is 126 cm³/mol. The Bertz CT molecular complexity index is 1410. The Labute approximate surface area is 199 Å². The van der Waals surface area contributed by atoms with Crippen LogP contribution in [0.4, 0.5) is 42.0 Å². The van der Waals surface area contributed by atoms with Gasteiger partial charge in [-0.1, -0.05) is 18.2 Å². The van der Waals surface area contributed by atoms with E-state index >= 15 is 0 Å². The van der Waals surface area contributed by atoms with Crippen molar-refractivity contribution in [3.05, 3.63) is 64.8 Å². The van der Waals surface area contributed by atoms with Crippen molar-refractivity contribution >= 4 is 44.8 Å². The van der Waals surface area contributed by atoms with Crippen LogP contribution < -0.4 is 20.7 Å². The Kier molecular flexibility index (Phi) is 6.28. The second-order valence-corrected chi connectivity index (χ2v) is 9.76. The number of sulfonamides is 1. The summed E-state index contributed by atoms with van der Waals surface area (Å²) in [7, 11) is -3.60. The van der Waals surface area contributed by atoms with Gasteiger partial charge in [-0.15, -0.1) is 0 Å². The minimum absolute atomic E-state index is 0.0866. The Hall–Kier alpha value is -3.87. The van der Waals surface area contributed by atoms with Gasteiger partial charge >= 0.3 is 6.18 Å². The van der Waals surface area contributed by atoms with Gasteiger partial charge in [-0.25, -0.2) is 13.4 Å². The maximum absolute atomic E-state index is 13.6. The lowest BCUT2D eigenvalue weighted by atomic mass is 10.1.